The van der Waals surface area contributed by atoms with E-state index in [2.05, 4.69) is 4.98 Å². The number of nitrogens with zero attached hydrogens (tertiary/aromatic N) is 1. The van der Waals surface area contributed by atoms with E-state index in [9.17, 15) is 9.59 Å². The van der Waals surface area contributed by atoms with Crippen molar-refractivity contribution >= 4 is 17.8 Å². The first-order valence-electron chi connectivity index (χ1n) is 9.01. The lowest BCUT2D eigenvalue weighted by atomic mass is 10.1. The summed E-state index contributed by atoms with van der Waals surface area (Å²) in [7, 11) is 2.99. The van der Waals surface area contributed by atoms with Gasteiger partial charge in [-0.3, -0.25) is 9.78 Å². The summed E-state index contributed by atoms with van der Waals surface area (Å²) in [6.45, 7) is 0. The van der Waals surface area contributed by atoms with Crippen LogP contribution in [0.25, 0.3) is 6.08 Å². The lowest BCUT2D eigenvalue weighted by Crippen LogP contribution is -2.09. The summed E-state index contributed by atoms with van der Waals surface area (Å²) >= 11 is 0. The Bertz CT molecular complexity index is 1130. The van der Waals surface area contributed by atoms with Crippen LogP contribution >= 0.6 is 0 Å². The molecule has 0 spiro atoms. The number of rotatable bonds is 5. The summed E-state index contributed by atoms with van der Waals surface area (Å²) in [4.78, 5) is 29.1. The van der Waals surface area contributed by atoms with Crippen molar-refractivity contribution in [2.24, 2.45) is 0 Å². The molecule has 3 aromatic rings. The summed E-state index contributed by atoms with van der Waals surface area (Å²) < 4.78 is 21.5. The van der Waals surface area contributed by atoms with Crippen molar-refractivity contribution in [3.05, 3.63) is 83.4 Å². The second-order valence-electron chi connectivity index (χ2n) is 6.37. The van der Waals surface area contributed by atoms with Crippen molar-refractivity contribution in [2.45, 2.75) is 0 Å². The first-order chi connectivity index (χ1) is 14.6. The molecule has 0 atom stereocenters. The van der Waals surface area contributed by atoms with E-state index in [1.165, 1.54) is 20.3 Å². The quantitative estimate of drug-likeness (QED) is 0.362. The van der Waals surface area contributed by atoms with E-state index in [-0.39, 0.29) is 22.9 Å². The fourth-order valence-electron chi connectivity index (χ4n) is 2.93. The molecule has 7 nitrogen and oxygen atoms in total. The number of carbonyl (C=O) groups is 2. The smallest absolute Gasteiger partial charge is 0.343 e. The highest BCUT2D eigenvalue weighted by molar-refractivity contribution is 6.14. The van der Waals surface area contributed by atoms with Gasteiger partial charge >= 0.3 is 5.97 Å². The Hall–Kier alpha value is -4.13. The first-order valence-corrected chi connectivity index (χ1v) is 9.01. The maximum Gasteiger partial charge on any atom is 0.343 e. The molecule has 0 fully saturated rings. The van der Waals surface area contributed by atoms with Crippen molar-refractivity contribution in [2.75, 3.05) is 14.2 Å². The largest absolute Gasteiger partial charge is 0.497 e. The number of Topliss-reactive ketones (excluding diaryl/α,β-unsaturated/α-hetero) is 1. The molecule has 0 bridgehead atoms. The van der Waals surface area contributed by atoms with Crippen LogP contribution in [0.4, 0.5) is 0 Å². The molecule has 0 N–H and O–H groups in total. The van der Waals surface area contributed by atoms with Gasteiger partial charge in [-0.15, -0.1) is 0 Å². The van der Waals surface area contributed by atoms with E-state index in [1.54, 1.807) is 60.9 Å². The summed E-state index contributed by atoms with van der Waals surface area (Å²) in [6, 6.07) is 12.9. The summed E-state index contributed by atoms with van der Waals surface area (Å²) in [5, 5.41) is 0. The summed E-state index contributed by atoms with van der Waals surface area (Å²) in [5.41, 5.74) is 1.46. The van der Waals surface area contributed by atoms with Gasteiger partial charge in [-0.05, 0) is 48.0 Å². The molecule has 0 aliphatic carbocycles. The van der Waals surface area contributed by atoms with Crippen LogP contribution in [0, 0.1) is 0 Å². The van der Waals surface area contributed by atoms with Crippen molar-refractivity contribution < 1.29 is 28.5 Å². The zero-order valence-electron chi connectivity index (χ0n) is 16.2. The Kier molecular flexibility index (Phi) is 5.17. The van der Waals surface area contributed by atoms with Gasteiger partial charge in [0.25, 0.3) is 0 Å². The molecule has 0 radical (unpaired) electrons. The van der Waals surface area contributed by atoms with Crippen LogP contribution in [0.2, 0.25) is 0 Å². The van der Waals surface area contributed by atoms with Gasteiger partial charge in [0.1, 0.15) is 23.0 Å². The number of pyridine rings is 1. The van der Waals surface area contributed by atoms with E-state index in [0.717, 1.165) is 5.56 Å². The molecule has 1 aliphatic rings. The minimum atomic E-state index is -0.593. The highest BCUT2D eigenvalue weighted by Gasteiger charge is 2.28. The molecule has 1 aliphatic heterocycles. The fourth-order valence-corrected chi connectivity index (χ4v) is 2.93. The average molecular weight is 403 g/mol. The number of esters is 1. The van der Waals surface area contributed by atoms with Gasteiger partial charge in [-0.1, -0.05) is 0 Å². The number of hydrogen-bond donors (Lipinski definition) is 0. The van der Waals surface area contributed by atoms with Crippen LogP contribution < -0.4 is 18.9 Å². The predicted octanol–water partition coefficient (Wildman–Crippen LogP) is 3.93. The van der Waals surface area contributed by atoms with Crippen molar-refractivity contribution in [1.82, 2.24) is 4.98 Å². The van der Waals surface area contributed by atoms with E-state index in [0.29, 0.717) is 22.8 Å². The third kappa shape index (κ3) is 3.86. The van der Waals surface area contributed by atoms with Crippen LogP contribution in [0.15, 0.2) is 66.7 Å². The van der Waals surface area contributed by atoms with Gasteiger partial charge in [0, 0.05) is 24.5 Å². The molecule has 0 saturated carbocycles. The van der Waals surface area contributed by atoms with E-state index in [4.69, 9.17) is 18.9 Å². The Morgan fingerprint density at radius 3 is 2.30 bits per heavy atom. The Morgan fingerprint density at radius 1 is 0.933 bits per heavy atom. The number of ketones is 1. The van der Waals surface area contributed by atoms with Gasteiger partial charge in [0.05, 0.1) is 25.3 Å². The third-order valence-electron chi connectivity index (χ3n) is 4.44. The molecule has 4 rings (SSSR count). The van der Waals surface area contributed by atoms with Gasteiger partial charge in [-0.2, -0.15) is 0 Å². The molecule has 30 heavy (non-hydrogen) atoms. The molecule has 1 aromatic heterocycles. The van der Waals surface area contributed by atoms with Crippen LogP contribution in [-0.4, -0.2) is 31.0 Å². The Labute approximate surface area is 172 Å². The number of methoxy groups -OCH3 is 2. The molecule has 0 amide bonds. The molecular formula is C23H17NO6. The molecule has 150 valence electrons. The van der Waals surface area contributed by atoms with Gasteiger partial charge in [-0.25, -0.2) is 4.79 Å². The topological polar surface area (TPSA) is 84.0 Å². The van der Waals surface area contributed by atoms with E-state index < -0.39 is 5.97 Å². The molecule has 7 heteroatoms. The maximum absolute atomic E-state index is 12.6. The summed E-state index contributed by atoms with van der Waals surface area (Å²) in [5.74, 6) is 0.871. The number of benzene rings is 2. The highest BCUT2D eigenvalue weighted by atomic mass is 16.5. The monoisotopic (exact) mass is 403 g/mol. The number of hydrogen-bond acceptors (Lipinski definition) is 7. The molecule has 2 aromatic carbocycles. The number of aromatic nitrogens is 1. The van der Waals surface area contributed by atoms with Crippen molar-refractivity contribution in [1.29, 1.82) is 0 Å². The number of fused-ring (bicyclic) bond motifs is 1. The average Bonchev–Trinajstić information content (AvgIpc) is 3.08. The van der Waals surface area contributed by atoms with E-state index >= 15 is 0 Å². The van der Waals surface area contributed by atoms with Crippen molar-refractivity contribution in [3.8, 4) is 23.0 Å². The van der Waals surface area contributed by atoms with Gasteiger partial charge in [0.2, 0.25) is 5.78 Å². The normalized spacial score (nSPS) is 13.5. The van der Waals surface area contributed by atoms with Crippen LogP contribution in [0.1, 0.15) is 26.3 Å². The number of allylic oxidation sites excluding steroid dienone is 1. The molecule has 0 unspecified atom stereocenters. The van der Waals surface area contributed by atoms with Gasteiger partial charge < -0.3 is 18.9 Å². The Morgan fingerprint density at radius 2 is 1.63 bits per heavy atom. The molecule has 0 saturated heterocycles. The second-order valence-corrected chi connectivity index (χ2v) is 6.37. The van der Waals surface area contributed by atoms with E-state index in [1.807, 2.05) is 0 Å². The molecule has 2 heterocycles. The number of carbonyl (C=O) groups excluding carboxylic acids is 2. The second kappa shape index (κ2) is 8.08. The van der Waals surface area contributed by atoms with Crippen molar-refractivity contribution in [3.63, 3.8) is 0 Å². The lowest BCUT2D eigenvalue weighted by molar-refractivity contribution is 0.0733. The third-order valence-corrected chi connectivity index (χ3v) is 4.44. The lowest BCUT2D eigenvalue weighted by Gasteiger charge is -2.09. The minimum absolute atomic E-state index is 0.192. The highest BCUT2D eigenvalue weighted by Crippen LogP contribution is 2.35. The SMILES string of the molecule is COc1cc(OC)cc(C(=O)Oc2ccc3c(c2)O/C(=C\c2ccncc2)C3=O)c1. The standard InChI is InChI=1S/C23H17NO6/c1-27-17-10-15(11-18(12-17)28-2)23(26)29-16-3-4-19-20(13-16)30-21(22(19)25)9-14-5-7-24-8-6-14/h3-13H,1-2H3/b21-9-. The van der Waals surface area contributed by atoms with Crippen LogP contribution in [-0.2, 0) is 0 Å². The van der Waals surface area contributed by atoms with Crippen LogP contribution in [0.5, 0.6) is 23.0 Å². The van der Waals surface area contributed by atoms with Gasteiger partial charge in [0.15, 0.2) is 5.76 Å². The first kappa shape index (κ1) is 19.2. The zero-order chi connectivity index (χ0) is 21.1. The van der Waals surface area contributed by atoms with Crippen LogP contribution in [0.3, 0.4) is 0 Å². The Balaban J connectivity index is 1.55. The number of ether oxygens (including phenoxy) is 4. The fraction of sp³-hybridized carbons (Fsp3) is 0.0870. The predicted molar refractivity (Wildman–Crippen MR) is 108 cm³/mol. The summed E-state index contributed by atoms with van der Waals surface area (Å²) in [6.07, 6.45) is 4.90. The maximum atomic E-state index is 12.6. The zero-order valence-corrected chi connectivity index (χ0v) is 16.2. The minimum Gasteiger partial charge on any atom is -0.497 e. The molecular weight excluding hydrogens is 386 g/mol.